The fraction of sp³-hybridized carbons (Fsp3) is 0.455. The summed E-state index contributed by atoms with van der Waals surface area (Å²) in [5.41, 5.74) is -3.00. The largest absolute Gasteiger partial charge is 0.386 e. The Morgan fingerprint density at radius 2 is 1.61 bits per heavy atom. The molecule has 0 bridgehead atoms. The van der Waals surface area contributed by atoms with Crippen LogP contribution in [0.15, 0.2) is 12.1 Å². The molecule has 0 radical (unpaired) electrons. The molecule has 0 spiro atoms. The highest BCUT2D eigenvalue weighted by Gasteiger charge is 2.66. The fourth-order valence-corrected chi connectivity index (χ4v) is 1.87. The Morgan fingerprint density at radius 1 is 1.06 bits per heavy atom. The van der Waals surface area contributed by atoms with Gasteiger partial charge >= 0.3 is 12.0 Å². The van der Waals surface area contributed by atoms with E-state index < -0.39 is 34.8 Å². The molecule has 0 saturated heterocycles. The molecule has 18 heavy (non-hydrogen) atoms. The molecule has 0 amide bonds. The minimum Gasteiger partial charge on any atom is -0.273 e. The van der Waals surface area contributed by atoms with Gasteiger partial charge in [-0.3, -0.25) is 4.74 Å². The third kappa shape index (κ3) is 1.60. The molecule has 0 aromatic heterocycles. The monoisotopic (exact) mass is 270 g/mol. The normalized spacial score (nSPS) is 28.9. The molecule has 1 aromatic rings. The Kier molecular flexibility index (Phi) is 2.50. The van der Waals surface area contributed by atoms with Gasteiger partial charge in [0.2, 0.25) is 0 Å². The number of alkyl halides is 5. The van der Waals surface area contributed by atoms with Crippen LogP contribution in [0.3, 0.4) is 0 Å². The zero-order valence-corrected chi connectivity index (χ0v) is 9.33. The highest BCUT2D eigenvalue weighted by atomic mass is 19.3. The summed E-state index contributed by atoms with van der Waals surface area (Å²) in [6.45, 7) is 1.39. The zero-order chi connectivity index (χ0) is 13.9. The number of halogens is 6. The van der Waals surface area contributed by atoms with Crippen molar-refractivity contribution in [1.29, 1.82) is 0 Å². The molecule has 1 aliphatic rings. The van der Waals surface area contributed by atoms with Crippen LogP contribution in [-0.4, -0.2) is 5.85 Å². The standard InChI is InChI=1S/C11H8F6O/c1-5-3-6-8(7(12)4-5)10(14,15)9(2,13)18-11(6,16)17/h3-4H,1-2H3. The van der Waals surface area contributed by atoms with Gasteiger partial charge in [-0.2, -0.15) is 17.6 Å². The topological polar surface area (TPSA) is 9.23 Å². The van der Waals surface area contributed by atoms with Crippen molar-refractivity contribution < 1.29 is 31.1 Å². The van der Waals surface area contributed by atoms with Gasteiger partial charge in [0.1, 0.15) is 5.82 Å². The van der Waals surface area contributed by atoms with Crippen molar-refractivity contribution in [3.05, 3.63) is 34.6 Å². The number of ether oxygens (including phenoxy) is 1. The smallest absolute Gasteiger partial charge is 0.273 e. The minimum atomic E-state index is -4.50. The average molecular weight is 270 g/mol. The number of hydrogen-bond donors (Lipinski definition) is 0. The molecule has 2 rings (SSSR count). The van der Waals surface area contributed by atoms with Crippen molar-refractivity contribution in [2.75, 3.05) is 0 Å². The predicted molar refractivity (Wildman–Crippen MR) is 49.5 cm³/mol. The number of fused-ring (bicyclic) bond motifs is 1. The van der Waals surface area contributed by atoms with Crippen molar-refractivity contribution in [1.82, 2.24) is 0 Å². The molecule has 1 nitrogen and oxygen atoms in total. The summed E-state index contributed by atoms with van der Waals surface area (Å²) in [4.78, 5) is 0. The van der Waals surface area contributed by atoms with Crippen LogP contribution >= 0.6 is 0 Å². The lowest BCUT2D eigenvalue weighted by atomic mass is 9.91. The van der Waals surface area contributed by atoms with Gasteiger partial charge in [-0.05, 0) is 24.6 Å². The molecular formula is C11H8F6O. The maximum Gasteiger partial charge on any atom is 0.386 e. The third-order valence-corrected chi connectivity index (χ3v) is 2.74. The molecule has 7 heteroatoms. The van der Waals surface area contributed by atoms with E-state index in [0.717, 1.165) is 0 Å². The molecule has 0 saturated carbocycles. The number of rotatable bonds is 0. The summed E-state index contributed by atoms with van der Waals surface area (Å²) >= 11 is 0. The first-order valence-electron chi connectivity index (χ1n) is 4.95. The predicted octanol–water partition coefficient (Wildman–Crippen LogP) is 3.99. The van der Waals surface area contributed by atoms with Gasteiger partial charge in [0.15, 0.2) is 0 Å². The molecule has 1 atom stereocenters. The Morgan fingerprint density at radius 3 is 2.17 bits per heavy atom. The molecule has 1 unspecified atom stereocenters. The second-order valence-corrected chi connectivity index (χ2v) is 4.28. The van der Waals surface area contributed by atoms with Crippen LogP contribution in [-0.2, 0) is 16.8 Å². The molecule has 0 aliphatic carbocycles. The lowest BCUT2D eigenvalue weighted by Crippen LogP contribution is -2.51. The molecule has 0 fully saturated rings. The van der Waals surface area contributed by atoms with Gasteiger partial charge < -0.3 is 0 Å². The van der Waals surface area contributed by atoms with Crippen molar-refractivity contribution in [2.24, 2.45) is 0 Å². The summed E-state index contributed by atoms with van der Waals surface area (Å²) in [5.74, 6) is -10.1. The van der Waals surface area contributed by atoms with Gasteiger partial charge in [0.05, 0.1) is 11.1 Å². The molecule has 100 valence electrons. The van der Waals surface area contributed by atoms with Crippen LogP contribution in [0.1, 0.15) is 23.6 Å². The molecule has 1 aliphatic heterocycles. The first-order valence-corrected chi connectivity index (χ1v) is 4.95. The van der Waals surface area contributed by atoms with Gasteiger partial charge in [0.25, 0.3) is 5.85 Å². The summed E-state index contributed by atoms with van der Waals surface area (Å²) in [7, 11) is 0. The van der Waals surface area contributed by atoms with Crippen LogP contribution in [0.4, 0.5) is 26.3 Å². The highest BCUT2D eigenvalue weighted by molar-refractivity contribution is 5.40. The lowest BCUT2D eigenvalue weighted by molar-refractivity contribution is -0.403. The van der Waals surface area contributed by atoms with E-state index in [-0.39, 0.29) is 12.5 Å². The van der Waals surface area contributed by atoms with E-state index in [1.807, 2.05) is 0 Å². The minimum absolute atomic E-state index is 0.00721. The quantitative estimate of drug-likeness (QED) is 0.648. The van der Waals surface area contributed by atoms with Crippen molar-refractivity contribution in [3.63, 3.8) is 0 Å². The van der Waals surface area contributed by atoms with Crippen molar-refractivity contribution in [2.45, 2.75) is 31.7 Å². The highest BCUT2D eigenvalue weighted by Crippen LogP contribution is 2.55. The Balaban J connectivity index is 2.83. The van der Waals surface area contributed by atoms with E-state index in [1.165, 1.54) is 6.92 Å². The van der Waals surface area contributed by atoms with Gasteiger partial charge in [-0.15, -0.1) is 0 Å². The van der Waals surface area contributed by atoms with Gasteiger partial charge in [0, 0.05) is 6.92 Å². The third-order valence-electron chi connectivity index (χ3n) is 2.74. The Labute approximate surface area is 98.4 Å². The maximum atomic E-state index is 13.6. The zero-order valence-electron chi connectivity index (χ0n) is 9.33. The molecular weight excluding hydrogens is 262 g/mol. The summed E-state index contributed by atoms with van der Waals surface area (Å²) < 4.78 is 84.6. The fourth-order valence-electron chi connectivity index (χ4n) is 1.87. The summed E-state index contributed by atoms with van der Waals surface area (Å²) in [5, 5.41) is 0. The van der Waals surface area contributed by atoms with E-state index in [1.54, 1.807) is 0 Å². The van der Waals surface area contributed by atoms with Crippen molar-refractivity contribution >= 4 is 0 Å². The van der Waals surface area contributed by atoms with E-state index in [4.69, 9.17) is 0 Å². The van der Waals surface area contributed by atoms with Crippen LogP contribution in [0.5, 0.6) is 0 Å². The lowest BCUT2D eigenvalue weighted by Gasteiger charge is -2.39. The van der Waals surface area contributed by atoms with Gasteiger partial charge in [-0.25, -0.2) is 8.78 Å². The summed E-state index contributed by atoms with van der Waals surface area (Å²) in [6.07, 6.45) is -4.31. The van der Waals surface area contributed by atoms with Crippen LogP contribution in [0.2, 0.25) is 0 Å². The SMILES string of the molecule is Cc1cc(F)c2c(c1)C(F)(F)OC(C)(F)C2(F)F. The molecule has 1 aromatic carbocycles. The number of hydrogen-bond acceptors (Lipinski definition) is 1. The van der Waals surface area contributed by atoms with E-state index in [9.17, 15) is 26.3 Å². The second-order valence-electron chi connectivity index (χ2n) is 4.28. The van der Waals surface area contributed by atoms with Crippen LogP contribution in [0.25, 0.3) is 0 Å². The van der Waals surface area contributed by atoms with Crippen LogP contribution in [0, 0.1) is 12.7 Å². The van der Waals surface area contributed by atoms with E-state index in [2.05, 4.69) is 4.74 Å². The molecule has 0 N–H and O–H groups in total. The maximum absolute atomic E-state index is 13.6. The first kappa shape index (κ1) is 13.2. The second kappa shape index (κ2) is 3.40. The van der Waals surface area contributed by atoms with Crippen LogP contribution < -0.4 is 0 Å². The first-order chi connectivity index (χ1) is 7.99. The number of aryl methyl sites for hydroxylation is 1. The van der Waals surface area contributed by atoms with Gasteiger partial charge in [-0.1, -0.05) is 0 Å². The van der Waals surface area contributed by atoms with Crippen molar-refractivity contribution in [3.8, 4) is 0 Å². The van der Waals surface area contributed by atoms with E-state index >= 15 is 0 Å². The van der Waals surface area contributed by atoms with E-state index in [0.29, 0.717) is 12.1 Å². The Hall–Kier alpha value is -1.24. The number of benzene rings is 1. The average Bonchev–Trinajstić information content (AvgIpc) is 2.11. The molecule has 1 heterocycles. The summed E-state index contributed by atoms with van der Waals surface area (Å²) in [6, 6.07) is 1.30. The Bertz CT molecular complexity index is 509.